The molecule has 0 atom stereocenters. The zero-order valence-corrected chi connectivity index (χ0v) is 18.0. The normalized spacial score (nSPS) is 14.2. The summed E-state index contributed by atoms with van der Waals surface area (Å²) in [6.45, 7) is 4.65. The Morgan fingerprint density at radius 2 is 1.75 bits per heavy atom. The van der Waals surface area contributed by atoms with E-state index >= 15 is 0 Å². The molecule has 2 amide bonds. The highest BCUT2D eigenvalue weighted by Crippen LogP contribution is 2.27. The van der Waals surface area contributed by atoms with Crippen LogP contribution in [-0.2, 0) is 11.3 Å². The molecule has 164 valence electrons. The molecule has 32 heavy (non-hydrogen) atoms. The molecule has 3 heterocycles. The number of carbonyl (C=O) groups is 2. The van der Waals surface area contributed by atoms with Gasteiger partial charge in [0.2, 0.25) is 11.8 Å². The fourth-order valence-corrected chi connectivity index (χ4v) is 3.87. The van der Waals surface area contributed by atoms with Crippen molar-refractivity contribution in [3.8, 4) is 12.0 Å². The van der Waals surface area contributed by atoms with Crippen molar-refractivity contribution < 1.29 is 14.0 Å². The molecule has 8 heteroatoms. The SMILES string of the molecule is Cc1oc(-n2cccc2)c(C#N)c1C(=O)N1CCN(CC(=O)NCc2ccccc2)CC1. The Morgan fingerprint density at radius 3 is 2.41 bits per heavy atom. The Labute approximate surface area is 186 Å². The van der Waals surface area contributed by atoms with Gasteiger partial charge in [-0.3, -0.25) is 19.1 Å². The molecule has 3 aromatic rings. The summed E-state index contributed by atoms with van der Waals surface area (Å²) < 4.78 is 7.45. The third kappa shape index (κ3) is 4.58. The van der Waals surface area contributed by atoms with Gasteiger partial charge < -0.3 is 14.6 Å². The van der Waals surface area contributed by atoms with Crippen LogP contribution in [0, 0.1) is 18.3 Å². The van der Waals surface area contributed by atoms with Crippen LogP contribution in [0.3, 0.4) is 0 Å². The van der Waals surface area contributed by atoms with E-state index in [1.165, 1.54) is 0 Å². The van der Waals surface area contributed by atoms with Crippen molar-refractivity contribution in [3.63, 3.8) is 0 Å². The van der Waals surface area contributed by atoms with Crippen molar-refractivity contribution in [3.05, 3.63) is 77.3 Å². The van der Waals surface area contributed by atoms with Gasteiger partial charge >= 0.3 is 0 Å². The van der Waals surface area contributed by atoms with Gasteiger partial charge in [0.15, 0.2) is 0 Å². The Bertz CT molecular complexity index is 1120. The number of nitrogens with one attached hydrogen (secondary N) is 1. The molecule has 1 fully saturated rings. The van der Waals surface area contributed by atoms with Crippen molar-refractivity contribution in [1.82, 2.24) is 19.7 Å². The van der Waals surface area contributed by atoms with Crippen LogP contribution in [0.15, 0.2) is 59.3 Å². The fourth-order valence-electron chi connectivity index (χ4n) is 3.87. The van der Waals surface area contributed by atoms with E-state index in [0.29, 0.717) is 56.5 Å². The molecule has 0 unspecified atom stereocenters. The van der Waals surface area contributed by atoms with E-state index in [2.05, 4.69) is 11.4 Å². The number of rotatable bonds is 6. The van der Waals surface area contributed by atoms with Gasteiger partial charge in [-0.2, -0.15) is 5.26 Å². The maximum atomic E-state index is 13.2. The predicted octanol–water partition coefficient (Wildman–Crippen LogP) is 2.32. The average molecular weight is 431 g/mol. The second kappa shape index (κ2) is 9.54. The molecule has 0 aliphatic carbocycles. The van der Waals surface area contributed by atoms with Crippen LogP contribution in [0.4, 0.5) is 0 Å². The third-order valence-electron chi connectivity index (χ3n) is 5.59. The second-order valence-electron chi connectivity index (χ2n) is 7.75. The zero-order valence-electron chi connectivity index (χ0n) is 18.0. The standard InChI is InChI=1S/C24H25N5O3/c1-18-22(20(15-25)24(32-18)29-9-5-6-10-29)23(31)28-13-11-27(12-14-28)17-21(30)26-16-19-7-3-2-4-8-19/h2-10H,11-14,16-17H2,1H3,(H,26,30). The van der Waals surface area contributed by atoms with Gasteiger partial charge in [-0.25, -0.2) is 0 Å². The molecular formula is C24H25N5O3. The summed E-state index contributed by atoms with van der Waals surface area (Å²) in [4.78, 5) is 29.2. The first-order chi connectivity index (χ1) is 15.6. The second-order valence-corrected chi connectivity index (χ2v) is 7.75. The van der Waals surface area contributed by atoms with E-state index in [-0.39, 0.29) is 17.4 Å². The van der Waals surface area contributed by atoms with Crippen LogP contribution in [0.2, 0.25) is 0 Å². The van der Waals surface area contributed by atoms with E-state index in [4.69, 9.17) is 4.42 Å². The monoisotopic (exact) mass is 431 g/mol. The zero-order chi connectivity index (χ0) is 22.5. The highest BCUT2D eigenvalue weighted by Gasteiger charge is 2.30. The Morgan fingerprint density at radius 1 is 1.06 bits per heavy atom. The minimum absolute atomic E-state index is 0.0394. The number of nitriles is 1. The summed E-state index contributed by atoms with van der Waals surface area (Å²) in [5.74, 6) is 0.530. The smallest absolute Gasteiger partial charge is 0.258 e. The summed E-state index contributed by atoms with van der Waals surface area (Å²) in [7, 11) is 0. The van der Waals surface area contributed by atoms with Gasteiger partial charge in [0.25, 0.3) is 5.91 Å². The van der Waals surface area contributed by atoms with Crippen LogP contribution in [0.5, 0.6) is 0 Å². The molecule has 0 radical (unpaired) electrons. The highest BCUT2D eigenvalue weighted by atomic mass is 16.4. The molecule has 1 N–H and O–H groups in total. The molecule has 1 aliphatic heterocycles. The molecule has 4 rings (SSSR count). The van der Waals surface area contributed by atoms with Gasteiger partial charge in [-0.15, -0.1) is 0 Å². The summed E-state index contributed by atoms with van der Waals surface area (Å²) in [5, 5.41) is 12.6. The Hall–Kier alpha value is -3.83. The number of aromatic nitrogens is 1. The summed E-state index contributed by atoms with van der Waals surface area (Å²) in [6, 6.07) is 15.6. The van der Waals surface area contributed by atoms with Gasteiger partial charge in [-0.05, 0) is 24.6 Å². The topological polar surface area (TPSA) is 94.5 Å². The van der Waals surface area contributed by atoms with Crippen molar-refractivity contribution in [2.24, 2.45) is 0 Å². The lowest BCUT2D eigenvalue weighted by Gasteiger charge is -2.34. The summed E-state index contributed by atoms with van der Waals surface area (Å²) >= 11 is 0. The maximum Gasteiger partial charge on any atom is 0.258 e. The number of carbonyl (C=O) groups excluding carboxylic acids is 2. The van der Waals surface area contributed by atoms with Gasteiger partial charge in [0, 0.05) is 45.1 Å². The molecular weight excluding hydrogens is 406 g/mol. The van der Waals surface area contributed by atoms with E-state index < -0.39 is 0 Å². The van der Waals surface area contributed by atoms with E-state index in [1.807, 2.05) is 47.4 Å². The van der Waals surface area contributed by atoms with E-state index in [9.17, 15) is 14.9 Å². The minimum Gasteiger partial charge on any atom is -0.443 e. The lowest BCUT2D eigenvalue weighted by atomic mass is 10.1. The number of nitrogens with zero attached hydrogens (tertiary/aromatic N) is 4. The quantitative estimate of drug-likeness (QED) is 0.646. The number of benzene rings is 1. The van der Waals surface area contributed by atoms with Gasteiger partial charge in [-0.1, -0.05) is 30.3 Å². The third-order valence-corrected chi connectivity index (χ3v) is 5.59. The fraction of sp³-hybridized carbons (Fsp3) is 0.292. The van der Waals surface area contributed by atoms with Crippen LogP contribution >= 0.6 is 0 Å². The maximum absolute atomic E-state index is 13.2. The molecule has 1 aliphatic rings. The van der Waals surface area contributed by atoms with Crippen molar-refractivity contribution in [2.45, 2.75) is 13.5 Å². The highest BCUT2D eigenvalue weighted by molar-refractivity contribution is 5.98. The largest absolute Gasteiger partial charge is 0.443 e. The first-order valence-electron chi connectivity index (χ1n) is 10.6. The number of amides is 2. The molecule has 0 saturated carbocycles. The van der Waals surface area contributed by atoms with Crippen LogP contribution in [-0.4, -0.2) is 58.9 Å². The van der Waals surface area contributed by atoms with Crippen LogP contribution in [0.1, 0.15) is 27.2 Å². The Kier molecular flexibility index (Phi) is 6.38. The van der Waals surface area contributed by atoms with Gasteiger partial charge in [0.05, 0.1) is 6.54 Å². The summed E-state index contributed by atoms with van der Waals surface area (Å²) in [5.41, 5.74) is 1.61. The van der Waals surface area contributed by atoms with Crippen molar-refractivity contribution in [2.75, 3.05) is 32.7 Å². The van der Waals surface area contributed by atoms with E-state index in [1.54, 1.807) is 28.8 Å². The van der Waals surface area contributed by atoms with Crippen LogP contribution in [0.25, 0.3) is 5.88 Å². The number of hydrogen-bond acceptors (Lipinski definition) is 5. The number of piperazine rings is 1. The van der Waals surface area contributed by atoms with Gasteiger partial charge in [0.1, 0.15) is 23.0 Å². The minimum atomic E-state index is -0.214. The summed E-state index contributed by atoms with van der Waals surface area (Å²) in [6.07, 6.45) is 3.55. The molecule has 1 saturated heterocycles. The first kappa shape index (κ1) is 21.4. The molecule has 0 spiro atoms. The van der Waals surface area contributed by atoms with Crippen molar-refractivity contribution >= 4 is 11.8 Å². The lowest BCUT2D eigenvalue weighted by Crippen LogP contribution is -2.51. The molecule has 8 nitrogen and oxygen atoms in total. The average Bonchev–Trinajstić information content (AvgIpc) is 3.46. The number of aryl methyl sites for hydroxylation is 1. The first-order valence-corrected chi connectivity index (χ1v) is 10.6. The number of furan rings is 1. The Balaban J connectivity index is 1.34. The molecule has 2 aromatic heterocycles. The number of hydrogen-bond donors (Lipinski definition) is 1. The van der Waals surface area contributed by atoms with Crippen molar-refractivity contribution in [1.29, 1.82) is 5.26 Å². The lowest BCUT2D eigenvalue weighted by molar-refractivity contribution is -0.122. The molecule has 1 aromatic carbocycles. The molecule has 0 bridgehead atoms. The van der Waals surface area contributed by atoms with Crippen LogP contribution < -0.4 is 5.32 Å². The predicted molar refractivity (Wildman–Crippen MR) is 118 cm³/mol. The van der Waals surface area contributed by atoms with E-state index in [0.717, 1.165) is 5.56 Å².